The lowest BCUT2D eigenvalue weighted by molar-refractivity contribution is 0.249. The Morgan fingerprint density at radius 3 is 2.60 bits per heavy atom. The van der Waals surface area contributed by atoms with Crippen LogP contribution < -0.4 is 10.6 Å². The maximum Gasteiger partial charge on any atom is 0.319 e. The van der Waals surface area contributed by atoms with Crippen molar-refractivity contribution in [3.63, 3.8) is 0 Å². The number of rotatable bonds is 3. The fraction of sp³-hybridized carbons (Fsp3) is 0.267. The summed E-state index contributed by atoms with van der Waals surface area (Å²) in [6.07, 6.45) is 0. The van der Waals surface area contributed by atoms with Gasteiger partial charge in [-0.15, -0.1) is 11.3 Å². The predicted octanol–water partition coefficient (Wildman–Crippen LogP) is 4.90. The summed E-state index contributed by atoms with van der Waals surface area (Å²) < 4.78 is 0.725. The molecule has 0 aliphatic heterocycles. The first-order valence-corrected chi connectivity index (χ1v) is 7.55. The fourth-order valence-electron chi connectivity index (χ4n) is 1.94. The fourth-order valence-corrected chi connectivity index (χ4v) is 3.00. The van der Waals surface area contributed by atoms with Gasteiger partial charge in [0.25, 0.3) is 0 Å². The number of benzene rings is 1. The molecule has 106 valence electrons. The average molecular weight is 309 g/mol. The first-order chi connectivity index (χ1) is 9.45. The molecule has 2 N–H and O–H groups in total. The number of hydrogen-bond donors (Lipinski definition) is 2. The average Bonchev–Trinajstić information content (AvgIpc) is 2.79. The standard InChI is InChI=1S/C15H17ClN2OS/c1-9-4-5-12(10(2)8-9)18-15(19)17-11(3)13-6-7-14(16)20-13/h4-8,11H,1-3H3,(H2,17,18,19). The van der Waals surface area contributed by atoms with Crippen molar-refractivity contribution < 1.29 is 4.79 Å². The third kappa shape index (κ3) is 3.74. The molecule has 5 heteroatoms. The molecule has 0 bridgehead atoms. The van der Waals surface area contributed by atoms with Crippen molar-refractivity contribution in [1.82, 2.24) is 5.32 Å². The van der Waals surface area contributed by atoms with Crippen LogP contribution in [-0.2, 0) is 0 Å². The van der Waals surface area contributed by atoms with E-state index in [1.165, 1.54) is 16.9 Å². The number of thiophene rings is 1. The molecule has 2 aromatic rings. The van der Waals surface area contributed by atoms with E-state index in [4.69, 9.17) is 11.6 Å². The molecule has 0 fully saturated rings. The smallest absolute Gasteiger partial charge is 0.319 e. The van der Waals surface area contributed by atoms with Gasteiger partial charge in [-0.1, -0.05) is 29.3 Å². The van der Waals surface area contributed by atoms with E-state index in [0.717, 1.165) is 20.5 Å². The van der Waals surface area contributed by atoms with Crippen LogP contribution in [0.2, 0.25) is 4.34 Å². The van der Waals surface area contributed by atoms with Crippen LogP contribution in [0.15, 0.2) is 30.3 Å². The first kappa shape index (κ1) is 14.9. The summed E-state index contributed by atoms with van der Waals surface area (Å²) in [5, 5.41) is 5.77. The molecule has 1 unspecified atom stereocenters. The maximum atomic E-state index is 12.0. The molecule has 0 aliphatic rings. The minimum atomic E-state index is -0.214. The van der Waals surface area contributed by atoms with Crippen molar-refractivity contribution in [2.24, 2.45) is 0 Å². The van der Waals surface area contributed by atoms with E-state index in [0.29, 0.717) is 0 Å². The van der Waals surface area contributed by atoms with Gasteiger partial charge >= 0.3 is 6.03 Å². The van der Waals surface area contributed by atoms with Gasteiger partial charge in [-0.2, -0.15) is 0 Å². The molecule has 0 saturated heterocycles. The lowest BCUT2D eigenvalue weighted by atomic mass is 10.1. The van der Waals surface area contributed by atoms with Gasteiger partial charge in [-0.3, -0.25) is 0 Å². The third-order valence-electron chi connectivity index (χ3n) is 3.00. The van der Waals surface area contributed by atoms with Gasteiger partial charge in [0, 0.05) is 10.6 Å². The summed E-state index contributed by atoms with van der Waals surface area (Å²) in [5.74, 6) is 0. The number of halogens is 1. The molecule has 2 amide bonds. The Labute approximate surface area is 128 Å². The second-order valence-corrected chi connectivity index (χ2v) is 6.53. The van der Waals surface area contributed by atoms with E-state index in [1.807, 2.05) is 51.1 Å². The van der Waals surface area contributed by atoms with Crippen molar-refractivity contribution in [1.29, 1.82) is 0 Å². The number of nitrogens with one attached hydrogen (secondary N) is 2. The second-order valence-electron chi connectivity index (χ2n) is 4.78. The number of anilines is 1. The largest absolute Gasteiger partial charge is 0.331 e. The van der Waals surface area contributed by atoms with Crippen LogP contribution in [0.1, 0.15) is 29.0 Å². The number of urea groups is 1. The summed E-state index contributed by atoms with van der Waals surface area (Å²) in [6, 6.07) is 9.41. The van der Waals surface area contributed by atoms with Crippen molar-refractivity contribution in [2.75, 3.05) is 5.32 Å². The highest BCUT2D eigenvalue weighted by atomic mass is 35.5. The maximum absolute atomic E-state index is 12.0. The van der Waals surface area contributed by atoms with Crippen molar-refractivity contribution in [3.8, 4) is 0 Å². The lowest BCUT2D eigenvalue weighted by Crippen LogP contribution is -2.31. The Kier molecular flexibility index (Phi) is 4.68. The highest BCUT2D eigenvalue weighted by Gasteiger charge is 2.12. The Morgan fingerprint density at radius 2 is 2.00 bits per heavy atom. The molecular weight excluding hydrogens is 292 g/mol. The molecule has 0 radical (unpaired) electrons. The summed E-state index contributed by atoms with van der Waals surface area (Å²) in [6.45, 7) is 5.94. The van der Waals surface area contributed by atoms with Crippen LogP contribution in [0, 0.1) is 13.8 Å². The van der Waals surface area contributed by atoms with E-state index < -0.39 is 0 Å². The molecule has 1 aromatic carbocycles. The van der Waals surface area contributed by atoms with E-state index >= 15 is 0 Å². The van der Waals surface area contributed by atoms with Gasteiger partial charge in [0.1, 0.15) is 0 Å². The minimum absolute atomic E-state index is 0.0711. The van der Waals surface area contributed by atoms with Gasteiger partial charge in [-0.05, 0) is 44.5 Å². The van der Waals surface area contributed by atoms with Crippen molar-refractivity contribution >= 4 is 34.7 Å². The molecule has 0 aliphatic carbocycles. The molecule has 1 heterocycles. The number of hydrogen-bond acceptors (Lipinski definition) is 2. The van der Waals surface area contributed by atoms with Gasteiger partial charge in [0.15, 0.2) is 0 Å². The summed E-state index contributed by atoms with van der Waals surface area (Å²) >= 11 is 7.37. The van der Waals surface area contributed by atoms with Crippen LogP contribution in [0.4, 0.5) is 10.5 Å². The summed E-state index contributed by atoms with van der Waals surface area (Å²) in [7, 11) is 0. The number of carbonyl (C=O) groups excluding carboxylic acids is 1. The zero-order chi connectivity index (χ0) is 14.7. The van der Waals surface area contributed by atoms with E-state index in [9.17, 15) is 4.79 Å². The van der Waals surface area contributed by atoms with Crippen LogP contribution >= 0.6 is 22.9 Å². The quantitative estimate of drug-likeness (QED) is 0.832. The minimum Gasteiger partial charge on any atom is -0.331 e. The zero-order valence-electron chi connectivity index (χ0n) is 11.7. The molecule has 0 saturated carbocycles. The van der Waals surface area contributed by atoms with Crippen LogP contribution in [0.25, 0.3) is 0 Å². The monoisotopic (exact) mass is 308 g/mol. The number of aryl methyl sites for hydroxylation is 2. The van der Waals surface area contributed by atoms with Gasteiger partial charge in [-0.25, -0.2) is 4.79 Å². The van der Waals surface area contributed by atoms with E-state index in [-0.39, 0.29) is 12.1 Å². The molecular formula is C15H17ClN2OS. The normalized spacial score (nSPS) is 12.0. The molecule has 3 nitrogen and oxygen atoms in total. The predicted molar refractivity (Wildman–Crippen MR) is 85.8 cm³/mol. The molecule has 1 aromatic heterocycles. The van der Waals surface area contributed by atoms with Gasteiger partial charge in [0.05, 0.1) is 10.4 Å². The zero-order valence-corrected chi connectivity index (χ0v) is 13.2. The SMILES string of the molecule is Cc1ccc(NC(=O)NC(C)c2ccc(Cl)s2)c(C)c1. The van der Waals surface area contributed by atoms with E-state index in [1.54, 1.807) is 0 Å². The Balaban J connectivity index is 1.98. The van der Waals surface area contributed by atoms with Crippen molar-refractivity contribution in [3.05, 3.63) is 50.7 Å². The third-order valence-corrected chi connectivity index (χ3v) is 4.41. The molecule has 20 heavy (non-hydrogen) atoms. The van der Waals surface area contributed by atoms with E-state index in [2.05, 4.69) is 10.6 Å². The lowest BCUT2D eigenvalue weighted by Gasteiger charge is -2.14. The summed E-state index contributed by atoms with van der Waals surface area (Å²) in [4.78, 5) is 13.0. The van der Waals surface area contributed by atoms with Crippen LogP contribution in [0.5, 0.6) is 0 Å². The highest BCUT2D eigenvalue weighted by molar-refractivity contribution is 7.16. The highest BCUT2D eigenvalue weighted by Crippen LogP contribution is 2.26. The first-order valence-electron chi connectivity index (χ1n) is 6.35. The van der Waals surface area contributed by atoms with Crippen molar-refractivity contribution in [2.45, 2.75) is 26.8 Å². The van der Waals surface area contributed by atoms with Gasteiger partial charge in [0.2, 0.25) is 0 Å². The number of carbonyl (C=O) groups is 1. The Hall–Kier alpha value is -1.52. The Morgan fingerprint density at radius 1 is 1.25 bits per heavy atom. The van der Waals surface area contributed by atoms with Gasteiger partial charge < -0.3 is 10.6 Å². The second kappa shape index (κ2) is 6.29. The molecule has 0 spiro atoms. The van der Waals surface area contributed by atoms with Crippen LogP contribution in [0.3, 0.4) is 0 Å². The molecule has 1 atom stereocenters. The Bertz CT molecular complexity index is 624. The van der Waals surface area contributed by atoms with Crippen LogP contribution in [-0.4, -0.2) is 6.03 Å². The topological polar surface area (TPSA) is 41.1 Å². The summed E-state index contributed by atoms with van der Waals surface area (Å²) in [5.41, 5.74) is 3.05. The molecule has 2 rings (SSSR count). The number of amides is 2.